The van der Waals surface area contributed by atoms with Crippen LogP contribution in [0.3, 0.4) is 0 Å². The van der Waals surface area contributed by atoms with E-state index in [2.05, 4.69) is 146 Å². The van der Waals surface area contributed by atoms with E-state index in [1.54, 1.807) is 24.9 Å². The van der Waals surface area contributed by atoms with Crippen molar-refractivity contribution < 1.29 is 22.0 Å². The third-order valence-electron chi connectivity index (χ3n) is 19.1. The first kappa shape index (κ1) is 56.6. The summed E-state index contributed by atoms with van der Waals surface area (Å²) in [5.74, 6) is 7.68. The molecule has 6 aliphatic rings. The molecule has 16 rings (SSSR count). The molecule has 5 aliphatic carbocycles. The van der Waals surface area contributed by atoms with Crippen LogP contribution in [0.15, 0.2) is 71.8 Å². The van der Waals surface area contributed by atoms with Crippen molar-refractivity contribution in [2.24, 2.45) is 33.8 Å². The second-order valence-electron chi connectivity index (χ2n) is 26.1. The van der Waals surface area contributed by atoms with Crippen LogP contribution in [0.1, 0.15) is 157 Å². The van der Waals surface area contributed by atoms with Gasteiger partial charge in [-0.25, -0.2) is 24.6 Å². The van der Waals surface area contributed by atoms with Gasteiger partial charge in [0.25, 0.3) is 16.3 Å². The topological polar surface area (TPSA) is 277 Å². The Morgan fingerprint density at radius 1 is 0.663 bits per heavy atom. The summed E-state index contributed by atoms with van der Waals surface area (Å²) in [5, 5.41) is 36.3. The number of rotatable bonds is 17. The lowest BCUT2D eigenvalue weighted by atomic mass is 9.93. The van der Waals surface area contributed by atoms with Crippen molar-refractivity contribution >= 4 is 75.0 Å². The zero-order chi connectivity index (χ0) is 59.0. The quantitative estimate of drug-likeness (QED) is 0.0371. The van der Waals surface area contributed by atoms with E-state index in [0.29, 0.717) is 72.8 Å². The number of hydrogen-bond donors (Lipinski definition) is 2. The van der Waals surface area contributed by atoms with Gasteiger partial charge in [0.05, 0.1) is 53.5 Å². The molecule has 5 saturated carbocycles. The van der Waals surface area contributed by atoms with E-state index >= 15 is 0 Å². The summed E-state index contributed by atoms with van der Waals surface area (Å²) < 4.78 is 47.3. The minimum absolute atomic E-state index is 0.0729. The SMILES string of the molecule is CCC1CC(OS(C)(=O)=O)CC1c1nnc2cnc3c(ccn3COCC[Si](C)(C)C)n12.CC[C@@H]1C[C@H]([N+]2=NC(C3CC3)N=C2)C[C@@H]1c1nnc2cnc3[nH]ccc3n12.CC[C@@H]1C[C@H](n2ncnc2C2CC2)C[C@@H]1c1nnc2cnc3[nH]ccc3n12. The van der Waals surface area contributed by atoms with E-state index in [9.17, 15) is 8.42 Å². The van der Waals surface area contributed by atoms with Crippen LogP contribution in [0.2, 0.25) is 25.7 Å². The minimum Gasteiger partial charge on any atom is -0.361 e. The summed E-state index contributed by atoms with van der Waals surface area (Å²) >= 11 is 0. The second-order valence-corrected chi connectivity index (χ2v) is 33.3. The van der Waals surface area contributed by atoms with Gasteiger partial charge in [0.1, 0.15) is 42.4 Å². The van der Waals surface area contributed by atoms with Gasteiger partial charge in [0, 0.05) is 69.3 Å². The first-order valence-corrected chi connectivity index (χ1v) is 36.6. The van der Waals surface area contributed by atoms with E-state index in [1.807, 2.05) is 35.6 Å². The molecule has 2 N–H and O–H groups in total. The number of H-pyrrole nitrogens is 2. The van der Waals surface area contributed by atoms with Crippen LogP contribution in [0, 0.1) is 23.7 Å². The van der Waals surface area contributed by atoms with Crippen LogP contribution in [-0.2, 0) is 25.8 Å². The zero-order valence-electron chi connectivity index (χ0n) is 50.1. The summed E-state index contributed by atoms with van der Waals surface area (Å²) in [6, 6.07) is 8.05. The molecule has 5 fully saturated rings. The fourth-order valence-corrected chi connectivity index (χ4v) is 15.7. The number of nitrogens with one attached hydrogen (secondary N) is 2. The molecular weight excluding hydrogens is 1130 g/mol. The standard InChI is InChI=1S/C21H33N5O4SSi.C19H22N8.C19H23N8/c1-6-15-11-16(30-31(2,27)28)12-17(15)20-24-23-19-13-22-21-18(26(19)20)7-8-25(21)14-29-9-10-32(3,4)5;1-2-11-7-13(27-18(12-3-4-12)22-10-23-27)8-14(11)19-25-24-16-9-21-17-15(26(16)19)5-6-20-17;1-2-11-7-13(26-10-22-17(25-26)12-3-4-12)8-14(11)19-24-23-16-9-21-18-15(27(16)19)5-6-20-18/h7-8,13,15-17H,6,9-12,14H2,1-5H3;5-6,9-14,20H,2-4,7-8H2,1H3;5-6,9-14,17,20H,2-4,7-8H2,1H3/q;;+1/t;11-,13+,14+;11-,13+,14+,17?/m.11/s1. The molecular formula is C59H78N21O4SSi+. The van der Waals surface area contributed by atoms with Crippen molar-refractivity contribution in [3.63, 3.8) is 0 Å². The molecule has 0 spiro atoms. The normalized spacial score (nSPS) is 26.0. The lowest BCUT2D eigenvalue weighted by Crippen LogP contribution is -2.22. The Balaban J connectivity index is 0.000000114. The molecule has 452 valence electrons. The van der Waals surface area contributed by atoms with Gasteiger partial charge in [0.15, 0.2) is 33.9 Å². The zero-order valence-corrected chi connectivity index (χ0v) is 51.9. The van der Waals surface area contributed by atoms with Crippen LogP contribution in [-0.4, -0.2) is 147 Å². The van der Waals surface area contributed by atoms with Gasteiger partial charge in [-0.2, -0.15) is 13.5 Å². The number of fused-ring (bicyclic) bond motifs is 9. The van der Waals surface area contributed by atoms with Crippen LogP contribution in [0.4, 0.5) is 0 Å². The molecule has 10 aromatic rings. The van der Waals surface area contributed by atoms with Gasteiger partial charge in [-0.1, -0.05) is 69.8 Å². The lowest BCUT2D eigenvalue weighted by molar-refractivity contribution is -0.512. The fraction of sp³-hybridized carbons (Fsp3) is 0.593. The number of azo groups is 2. The average Bonchev–Trinajstić information content (AvgIpc) is 2.23. The summed E-state index contributed by atoms with van der Waals surface area (Å²) in [7, 11) is -4.63. The van der Waals surface area contributed by atoms with Crippen LogP contribution in [0.5, 0.6) is 0 Å². The Morgan fingerprint density at radius 2 is 1.26 bits per heavy atom. The van der Waals surface area contributed by atoms with Crippen LogP contribution in [0.25, 0.3) is 50.4 Å². The molecule has 0 aromatic carbocycles. The van der Waals surface area contributed by atoms with Crippen molar-refractivity contribution in [1.82, 2.24) is 88.0 Å². The maximum absolute atomic E-state index is 11.7. The number of aliphatic imine (C=N–C) groups is 1. The summed E-state index contributed by atoms with van der Waals surface area (Å²) in [4.78, 5) is 29.1. The number of hydrogen-bond acceptors (Lipinski definition) is 17. The van der Waals surface area contributed by atoms with Gasteiger partial charge < -0.3 is 19.3 Å². The van der Waals surface area contributed by atoms with Gasteiger partial charge in [-0.15, -0.1) is 35.3 Å². The highest BCUT2D eigenvalue weighted by atomic mass is 32.2. The van der Waals surface area contributed by atoms with Crippen LogP contribution >= 0.6 is 0 Å². The predicted molar refractivity (Wildman–Crippen MR) is 325 cm³/mol. The van der Waals surface area contributed by atoms with Crippen molar-refractivity contribution in [3.05, 3.63) is 85.0 Å². The summed E-state index contributed by atoms with van der Waals surface area (Å²) in [6.07, 6.45) is 29.7. The van der Waals surface area contributed by atoms with E-state index in [1.165, 1.54) is 31.5 Å². The van der Waals surface area contributed by atoms with Crippen molar-refractivity contribution in [3.8, 4) is 0 Å². The molecule has 25 nitrogen and oxygen atoms in total. The van der Waals surface area contributed by atoms with Crippen molar-refractivity contribution in [2.75, 3.05) is 12.9 Å². The van der Waals surface area contributed by atoms with E-state index < -0.39 is 18.2 Å². The van der Waals surface area contributed by atoms with Gasteiger partial charge in [-0.3, -0.25) is 17.4 Å². The highest BCUT2D eigenvalue weighted by Crippen LogP contribution is 2.50. The summed E-state index contributed by atoms with van der Waals surface area (Å²) in [6.45, 7) is 14.9. The summed E-state index contributed by atoms with van der Waals surface area (Å²) in [5.41, 5.74) is 7.91. The molecule has 0 radical (unpaired) electrons. The maximum Gasteiger partial charge on any atom is 0.303 e. The Bertz CT molecular complexity index is 4250. The molecule has 0 bridgehead atoms. The number of aromatic amines is 2. The monoisotopic (exact) mass is 1200 g/mol. The third kappa shape index (κ3) is 11.0. The van der Waals surface area contributed by atoms with E-state index in [0.717, 1.165) is 126 Å². The number of ether oxygens (including phenoxy) is 1. The molecule has 0 amide bonds. The molecule has 27 heteroatoms. The molecule has 11 heterocycles. The number of nitrogens with zero attached hydrogens (tertiary/aromatic N) is 19. The predicted octanol–water partition coefficient (Wildman–Crippen LogP) is 9.98. The Labute approximate surface area is 499 Å². The Hall–Kier alpha value is -7.23. The van der Waals surface area contributed by atoms with Gasteiger partial charge in [-0.05, 0) is 99.8 Å². The van der Waals surface area contributed by atoms with Gasteiger partial charge >= 0.3 is 6.34 Å². The first-order chi connectivity index (χ1) is 41.7. The molecule has 86 heavy (non-hydrogen) atoms. The molecule has 10 atom stereocenters. The van der Waals surface area contributed by atoms with Crippen LogP contribution < -0.4 is 0 Å². The molecule has 10 aromatic heterocycles. The van der Waals surface area contributed by atoms with Crippen molar-refractivity contribution in [2.45, 2.75) is 185 Å². The smallest absolute Gasteiger partial charge is 0.303 e. The average molecular weight is 1210 g/mol. The van der Waals surface area contributed by atoms with E-state index in [-0.39, 0.29) is 24.1 Å². The van der Waals surface area contributed by atoms with Gasteiger partial charge in [0.2, 0.25) is 0 Å². The second kappa shape index (κ2) is 22.8. The highest BCUT2D eigenvalue weighted by molar-refractivity contribution is 7.86. The lowest BCUT2D eigenvalue weighted by Gasteiger charge is -2.16. The Morgan fingerprint density at radius 3 is 1.86 bits per heavy atom. The minimum atomic E-state index is -3.49. The highest BCUT2D eigenvalue weighted by Gasteiger charge is 2.46. The first-order valence-electron chi connectivity index (χ1n) is 31.1. The van der Waals surface area contributed by atoms with E-state index in [4.69, 9.17) is 14.0 Å². The van der Waals surface area contributed by atoms with Crippen molar-refractivity contribution in [1.29, 1.82) is 0 Å². The number of aromatic nitrogens is 18. The molecule has 0 saturated heterocycles. The molecule has 4 unspecified atom stereocenters. The molecule has 1 aliphatic heterocycles. The third-order valence-corrected chi connectivity index (χ3v) is 21.4. The Kier molecular flexibility index (Phi) is 15.0. The maximum atomic E-state index is 11.7. The largest absolute Gasteiger partial charge is 0.361 e. The fourth-order valence-electron chi connectivity index (χ4n) is 14.3.